The predicted molar refractivity (Wildman–Crippen MR) is 88.5 cm³/mol. The number of aromatic nitrogens is 3. The van der Waals surface area contributed by atoms with Gasteiger partial charge in [-0.1, -0.05) is 36.4 Å². The average Bonchev–Trinajstić information content (AvgIpc) is 2.84. The Bertz CT molecular complexity index is 1020. The Kier molecular flexibility index (Phi) is 2.65. The van der Waals surface area contributed by atoms with E-state index in [4.69, 9.17) is 12.2 Å². The average molecular weight is 291 g/mol. The molecule has 4 aromatic rings. The van der Waals surface area contributed by atoms with Gasteiger partial charge >= 0.3 is 0 Å². The highest BCUT2D eigenvalue weighted by Gasteiger charge is 2.11. The number of benzene rings is 2. The first-order valence-electron chi connectivity index (χ1n) is 6.80. The fourth-order valence-electron chi connectivity index (χ4n) is 2.75. The van der Waals surface area contributed by atoms with Crippen LogP contribution in [0.4, 0.5) is 0 Å². The van der Waals surface area contributed by atoms with Crippen molar-refractivity contribution in [1.29, 1.82) is 0 Å². The fourth-order valence-corrected chi connectivity index (χ4v) is 3.04. The minimum absolute atomic E-state index is 0.670. The first kappa shape index (κ1) is 12.3. The number of nitrogens with one attached hydrogen (secondary N) is 1. The van der Waals surface area contributed by atoms with Crippen LogP contribution in [0.5, 0.6) is 0 Å². The molecule has 0 aliphatic heterocycles. The Labute approximate surface area is 126 Å². The third kappa shape index (κ3) is 1.80. The normalized spacial score (nSPS) is 11.3. The highest BCUT2D eigenvalue weighted by atomic mass is 32.1. The Hall–Kier alpha value is -2.46. The molecule has 2 aromatic carbocycles. The lowest BCUT2D eigenvalue weighted by Crippen LogP contribution is -1.96. The molecule has 0 radical (unpaired) electrons. The first-order valence-corrected chi connectivity index (χ1v) is 7.21. The lowest BCUT2D eigenvalue weighted by atomic mass is 10.1. The number of hydrogen-bond donors (Lipinski definition) is 1. The van der Waals surface area contributed by atoms with Crippen LogP contribution < -0.4 is 0 Å². The maximum Gasteiger partial charge on any atom is 0.184 e. The summed E-state index contributed by atoms with van der Waals surface area (Å²) in [6, 6.07) is 16.5. The largest absolute Gasteiger partial charge is 0.329 e. The van der Waals surface area contributed by atoms with Crippen LogP contribution in [-0.2, 0) is 0 Å². The molecule has 0 aliphatic rings. The zero-order valence-corrected chi connectivity index (χ0v) is 12.3. The number of pyridine rings is 1. The number of fused-ring (bicyclic) bond motifs is 2. The highest BCUT2D eigenvalue weighted by molar-refractivity contribution is 7.71. The molecule has 4 rings (SSSR count). The summed E-state index contributed by atoms with van der Waals surface area (Å²) in [5, 5.41) is 2.36. The van der Waals surface area contributed by atoms with Crippen molar-refractivity contribution in [3.8, 4) is 5.69 Å². The standard InChI is InChI=1S/C17H13N3S/c1-11-9-10-18-16-15(11)19-17(21)20(16)14-8-4-6-12-5-2-3-7-13(12)14/h2-10H,1H3,(H,19,21). The zero-order chi connectivity index (χ0) is 14.4. The molecule has 1 N–H and O–H groups in total. The molecule has 0 spiro atoms. The second-order valence-electron chi connectivity index (χ2n) is 5.09. The lowest BCUT2D eigenvalue weighted by Gasteiger charge is -2.08. The van der Waals surface area contributed by atoms with Crippen LogP contribution in [-0.4, -0.2) is 14.5 Å². The van der Waals surface area contributed by atoms with Gasteiger partial charge in [-0.05, 0) is 42.2 Å². The van der Waals surface area contributed by atoms with Crippen LogP contribution in [0.1, 0.15) is 5.56 Å². The number of nitrogens with zero attached hydrogens (tertiary/aromatic N) is 2. The van der Waals surface area contributed by atoms with E-state index in [1.165, 1.54) is 10.8 Å². The van der Waals surface area contributed by atoms with Crippen LogP contribution in [0.15, 0.2) is 54.7 Å². The smallest absolute Gasteiger partial charge is 0.184 e. The van der Waals surface area contributed by atoms with E-state index in [9.17, 15) is 0 Å². The van der Waals surface area contributed by atoms with Crippen molar-refractivity contribution in [2.75, 3.05) is 0 Å². The number of imidazole rings is 1. The molecule has 2 heterocycles. The second-order valence-corrected chi connectivity index (χ2v) is 5.48. The quantitative estimate of drug-likeness (QED) is 0.522. The number of aromatic amines is 1. The molecule has 0 atom stereocenters. The molecule has 0 aliphatic carbocycles. The van der Waals surface area contributed by atoms with Crippen molar-refractivity contribution in [3.63, 3.8) is 0 Å². The van der Waals surface area contributed by atoms with Crippen LogP contribution in [0.2, 0.25) is 0 Å². The zero-order valence-electron chi connectivity index (χ0n) is 11.5. The third-order valence-corrected chi connectivity index (χ3v) is 4.08. The molecule has 0 saturated heterocycles. The molecule has 0 bridgehead atoms. The number of aryl methyl sites for hydroxylation is 1. The van der Waals surface area contributed by atoms with Gasteiger partial charge in [-0.15, -0.1) is 0 Å². The maximum absolute atomic E-state index is 5.52. The van der Waals surface area contributed by atoms with E-state index in [1.54, 1.807) is 0 Å². The first-order chi connectivity index (χ1) is 10.3. The SMILES string of the molecule is Cc1ccnc2c1[nH]c(=S)n2-c1cccc2ccccc12. The molecule has 0 saturated carbocycles. The van der Waals surface area contributed by atoms with E-state index in [-0.39, 0.29) is 0 Å². The molecule has 4 heteroatoms. The maximum atomic E-state index is 5.52. The van der Waals surface area contributed by atoms with E-state index in [2.05, 4.69) is 41.2 Å². The predicted octanol–water partition coefficient (Wildman–Crippen LogP) is 4.54. The summed E-state index contributed by atoms with van der Waals surface area (Å²) in [5.41, 5.74) is 4.07. The van der Waals surface area contributed by atoms with Crippen LogP contribution in [0.3, 0.4) is 0 Å². The van der Waals surface area contributed by atoms with E-state index in [0.29, 0.717) is 4.77 Å². The second kappa shape index (κ2) is 4.53. The molecule has 21 heavy (non-hydrogen) atoms. The summed E-state index contributed by atoms with van der Waals surface area (Å²) in [4.78, 5) is 7.78. The minimum atomic E-state index is 0.670. The van der Waals surface area contributed by atoms with Gasteiger partial charge < -0.3 is 4.98 Å². The molecule has 3 nitrogen and oxygen atoms in total. The van der Waals surface area contributed by atoms with Crippen molar-refractivity contribution in [1.82, 2.24) is 14.5 Å². The highest BCUT2D eigenvalue weighted by Crippen LogP contribution is 2.26. The number of hydrogen-bond acceptors (Lipinski definition) is 2. The third-order valence-electron chi connectivity index (χ3n) is 3.79. The monoisotopic (exact) mass is 291 g/mol. The summed E-state index contributed by atoms with van der Waals surface area (Å²) in [6.07, 6.45) is 1.82. The van der Waals surface area contributed by atoms with Gasteiger partial charge in [0.2, 0.25) is 0 Å². The minimum Gasteiger partial charge on any atom is -0.329 e. The number of H-pyrrole nitrogens is 1. The molecular formula is C17H13N3S. The van der Waals surface area contributed by atoms with Crippen LogP contribution >= 0.6 is 12.2 Å². The Morgan fingerprint density at radius 2 is 1.86 bits per heavy atom. The van der Waals surface area contributed by atoms with Gasteiger partial charge in [0.15, 0.2) is 10.4 Å². The van der Waals surface area contributed by atoms with E-state index in [0.717, 1.165) is 22.4 Å². The van der Waals surface area contributed by atoms with Crippen LogP contribution in [0.25, 0.3) is 27.6 Å². The molecular weight excluding hydrogens is 278 g/mol. The van der Waals surface area contributed by atoms with Crippen LogP contribution in [0, 0.1) is 11.7 Å². The van der Waals surface area contributed by atoms with Gasteiger partial charge in [0.05, 0.1) is 11.2 Å². The summed E-state index contributed by atoms with van der Waals surface area (Å²) in [5.74, 6) is 0. The van der Waals surface area contributed by atoms with Crippen molar-refractivity contribution >= 4 is 34.2 Å². The summed E-state index contributed by atoms with van der Waals surface area (Å²) < 4.78 is 2.68. The summed E-state index contributed by atoms with van der Waals surface area (Å²) in [7, 11) is 0. The fraction of sp³-hybridized carbons (Fsp3) is 0.0588. The van der Waals surface area contributed by atoms with Gasteiger partial charge in [-0.2, -0.15) is 0 Å². The van der Waals surface area contributed by atoms with E-state index in [1.807, 2.05) is 35.0 Å². The van der Waals surface area contributed by atoms with E-state index >= 15 is 0 Å². The van der Waals surface area contributed by atoms with E-state index < -0.39 is 0 Å². The van der Waals surface area contributed by atoms with Crippen molar-refractivity contribution < 1.29 is 0 Å². The van der Waals surface area contributed by atoms with Crippen molar-refractivity contribution in [2.24, 2.45) is 0 Å². The van der Waals surface area contributed by atoms with Gasteiger partial charge in [-0.3, -0.25) is 4.57 Å². The van der Waals surface area contributed by atoms with Crippen molar-refractivity contribution in [2.45, 2.75) is 6.92 Å². The summed E-state index contributed by atoms with van der Waals surface area (Å²) in [6.45, 7) is 2.06. The lowest BCUT2D eigenvalue weighted by molar-refractivity contribution is 1.05. The van der Waals surface area contributed by atoms with Gasteiger partial charge in [0.1, 0.15) is 0 Å². The molecule has 0 unspecified atom stereocenters. The van der Waals surface area contributed by atoms with Crippen molar-refractivity contribution in [3.05, 3.63) is 65.1 Å². The topological polar surface area (TPSA) is 33.6 Å². The van der Waals surface area contributed by atoms with Gasteiger partial charge in [-0.25, -0.2) is 4.98 Å². The van der Waals surface area contributed by atoms with Gasteiger partial charge in [0.25, 0.3) is 0 Å². The Balaban J connectivity index is 2.17. The Morgan fingerprint density at radius 3 is 2.76 bits per heavy atom. The molecule has 0 amide bonds. The molecule has 2 aromatic heterocycles. The summed E-state index contributed by atoms with van der Waals surface area (Å²) >= 11 is 5.52. The molecule has 102 valence electrons. The number of rotatable bonds is 1. The molecule has 0 fully saturated rings. The Morgan fingerprint density at radius 1 is 1.05 bits per heavy atom. The van der Waals surface area contributed by atoms with Gasteiger partial charge in [0, 0.05) is 11.6 Å².